The molecule has 1 saturated heterocycles. The van der Waals surface area contributed by atoms with Crippen LogP contribution >= 0.6 is 0 Å². The summed E-state index contributed by atoms with van der Waals surface area (Å²) >= 11 is 0. The molecule has 0 aromatic heterocycles. The number of carbonyl (C=O) groups excluding carboxylic acids is 1. The van der Waals surface area contributed by atoms with E-state index in [1.54, 1.807) is 0 Å². The van der Waals surface area contributed by atoms with Crippen LogP contribution in [-0.4, -0.2) is 16.8 Å². The second-order valence-corrected chi connectivity index (χ2v) is 5.14. The Morgan fingerprint density at radius 1 is 1.37 bits per heavy atom. The molecular weight excluding hydrogens is 238 g/mol. The highest BCUT2D eigenvalue weighted by atomic mass is 16.2. The first kappa shape index (κ1) is 11.8. The molecule has 0 aliphatic carbocycles. The van der Waals surface area contributed by atoms with E-state index in [-0.39, 0.29) is 11.9 Å². The lowest BCUT2D eigenvalue weighted by molar-refractivity contribution is -0.125. The number of hydrogen-bond donors (Lipinski definition) is 2. The summed E-state index contributed by atoms with van der Waals surface area (Å²) in [4.78, 5) is 14.1. The number of piperidine rings is 1. The highest BCUT2D eigenvalue weighted by Gasteiger charge is 2.34. The molecule has 19 heavy (non-hydrogen) atoms. The topological polar surface area (TPSA) is 58.4 Å². The fourth-order valence-corrected chi connectivity index (χ4v) is 2.82. The zero-order chi connectivity index (χ0) is 13.6. The Morgan fingerprint density at radius 3 is 2.89 bits per heavy atom. The molecule has 1 amide bonds. The van der Waals surface area contributed by atoms with Gasteiger partial charge in [0.05, 0.1) is 0 Å². The molecule has 1 aromatic carbocycles. The molecule has 0 bridgehead atoms. The van der Waals surface area contributed by atoms with Crippen LogP contribution in [0.2, 0.25) is 0 Å². The SMILES string of the molecule is C=C1CCC(N2Cc3cc(N)ccc3C2=C)C(=O)N1. The number of anilines is 1. The maximum Gasteiger partial charge on any atom is 0.246 e. The first-order chi connectivity index (χ1) is 9.06. The maximum absolute atomic E-state index is 12.1. The predicted octanol–water partition coefficient (Wildman–Crippen LogP) is 1.85. The quantitative estimate of drug-likeness (QED) is 0.753. The summed E-state index contributed by atoms with van der Waals surface area (Å²) in [5.74, 6) is 0.0122. The van der Waals surface area contributed by atoms with Gasteiger partial charge >= 0.3 is 0 Å². The molecule has 3 rings (SSSR count). The van der Waals surface area contributed by atoms with Gasteiger partial charge in [0.2, 0.25) is 5.91 Å². The summed E-state index contributed by atoms with van der Waals surface area (Å²) in [5, 5.41) is 2.82. The fourth-order valence-electron chi connectivity index (χ4n) is 2.82. The Morgan fingerprint density at radius 2 is 2.16 bits per heavy atom. The number of nitrogen functional groups attached to an aromatic ring is 1. The molecule has 2 heterocycles. The van der Waals surface area contributed by atoms with Gasteiger partial charge in [-0.1, -0.05) is 19.2 Å². The second kappa shape index (κ2) is 4.16. The van der Waals surface area contributed by atoms with Gasteiger partial charge in [-0.25, -0.2) is 0 Å². The number of amides is 1. The van der Waals surface area contributed by atoms with Crippen molar-refractivity contribution in [3.8, 4) is 0 Å². The average Bonchev–Trinajstić information content (AvgIpc) is 2.66. The monoisotopic (exact) mass is 255 g/mol. The highest BCUT2D eigenvalue weighted by Crippen LogP contribution is 2.36. The number of nitrogens with zero attached hydrogens (tertiary/aromatic N) is 1. The van der Waals surface area contributed by atoms with Crippen LogP contribution in [0.25, 0.3) is 5.70 Å². The van der Waals surface area contributed by atoms with Crippen LogP contribution in [0.4, 0.5) is 5.69 Å². The van der Waals surface area contributed by atoms with Gasteiger partial charge < -0.3 is 16.0 Å². The molecule has 4 nitrogen and oxygen atoms in total. The van der Waals surface area contributed by atoms with E-state index < -0.39 is 0 Å². The van der Waals surface area contributed by atoms with Crippen LogP contribution in [0, 0.1) is 0 Å². The second-order valence-electron chi connectivity index (χ2n) is 5.14. The number of carbonyl (C=O) groups is 1. The highest BCUT2D eigenvalue weighted by molar-refractivity contribution is 5.87. The van der Waals surface area contributed by atoms with E-state index in [0.717, 1.165) is 41.1 Å². The van der Waals surface area contributed by atoms with Crippen LogP contribution in [0.5, 0.6) is 0 Å². The third kappa shape index (κ3) is 1.89. The lowest BCUT2D eigenvalue weighted by atomic mass is 10.0. The van der Waals surface area contributed by atoms with Gasteiger partial charge in [-0.15, -0.1) is 0 Å². The zero-order valence-electron chi connectivity index (χ0n) is 10.8. The minimum Gasteiger partial charge on any atom is -0.399 e. The Kier molecular flexibility index (Phi) is 2.59. The van der Waals surface area contributed by atoms with Crippen molar-refractivity contribution in [3.63, 3.8) is 0 Å². The first-order valence-corrected chi connectivity index (χ1v) is 6.39. The summed E-state index contributed by atoms with van der Waals surface area (Å²) in [6.07, 6.45) is 1.60. The Bertz CT molecular complexity index is 591. The predicted molar refractivity (Wildman–Crippen MR) is 75.7 cm³/mol. The minimum atomic E-state index is -0.161. The molecule has 2 aliphatic heterocycles. The summed E-state index contributed by atoms with van der Waals surface area (Å²) in [6.45, 7) is 8.62. The van der Waals surface area contributed by atoms with Crippen molar-refractivity contribution in [1.29, 1.82) is 0 Å². The molecule has 0 spiro atoms. The number of fused-ring (bicyclic) bond motifs is 1. The van der Waals surface area contributed by atoms with Crippen molar-refractivity contribution in [2.75, 3.05) is 5.73 Å². The van der Waals surface area contributed by atoms with Gasteiger partial charge in [-0.05, 0) is 30.5 Å². The molecule has 3 N–H and O–H groups in total. The fraction of sp³-hybridized carbons (Fsp3) is 0.267. The number of allylic oxidation sites excluding steroid dienone is 1. The number of nitrogens with two attached hydrogens (primary N) is 1. The van der Waals surface area contributed by atoms with Crippen LogP contribution in [0.3, 0.4) is 0 Å². The molecular formula is C15H17N3O. The minimum absolute atomic E-state index is 0.0122. The van der Waals surface area contributed by atoms with E-state index in [4.69, 9.17) is 5.73 Å². The summed E-state index contributed by atoms with van der Waals surface area (Å²) in [6, 6.07) is 5.65. The molecule has 0 radical (unpaired) electrons. The van der Waals surface area contributed by atoms with Gasteiger partial charge in [0.25, 0.3) is 0 Å². The van der Waals surface area contributed by atoms with Crippen LogP contribution in [0.15, 0.2) is 37.1 Å². The van der Waals surface area contributed by atoms with E-state index in [2.05, 4.69) is 23.4 Å². The lowest BCUT2D eigenvalue weighted by Crippen LogP contribution is -2.47. The van der Waals surface area contributed by atoms with E-state index in [1.807, 2.05) is 18.2 Å². The van der Waals surface area contributed by atoms with Crippen molar-refractivity contribution < 1.29 is 4.79 Å². The van der Waals surface area contributed by atoms with Gasteiger partial charge in [0.15, 0.2) is 0 Å². The normalized spacial score (nSPS) is 22.4. The van der Waals surface area contributed by atoms with Crippen molar-refractivity contribution >= 4 is 17.3 Å². The zero-order valence-corrected chi connectivity index (χ0v) is 10.8. The molecule has 98 valence electrons. The van der Waals surface area contributed by atoms with Crippen LogP contribution in [-0.2, 0) is 11.3 Å². The standard InChI is InChI=1S/C15H17N3O/c1-9-3-6-14(15(19)17-9)18-8-11-7-12(16)4-5-13(11)10(18)2/h4-5,7,14H,1-3,6,8,16H2,(H,17,19). The van der Waals surface area contributed by atoms with Crippen molar-refractivity contribution in [2.24, 2.45) is 0 Å². The molecule has 1 unspecified atom stereocenters. The maximum atomic E-state index is 12.1. The average molecular weight is 255 g/mol. The Labute approximate surface area is 112 Å². The van der Waals surface area contributed by atoms with E-state index in [0.29, 0.717) is 6.54 Å². The summed E-state index contributed by atoms with van der Waals surface area (Å²) < 4.78 is 0. The molecule has 0 saturated carbocycles. The van der Waals surface area contributed by atoms with Gasteiger partial charge in [0, 0.05) is 29.2 Å². The number of benzene rings is 1. The van der Waals surface area contributed by atoms with Crippen molar-refractivity contribution in [3.05, 3.63) is 48.2 Å². The van der Waals surface area contributed by atoms with Gasteiger partial charge in [0.1, 0.15) is 6.04 Å². The van der Waals surface area contributed by atoms with Gasteiger partial charge in [-0.2, -0.15) is 0 Å². The number of nitrogens with one attached hydrogen (secondary N) is 1. The lowest BCUT2D eigenvalue weighted by Gasteiger charge is -2.33. The smallest absolute Gasteiger partial charge is 0.246 e. The van der Waals surface area contributed by atoms with Crippen LogP contribution < -0.4 is 11.1 Å². The van der Waals surface area contributed by atoms with Crippen molar-refractivity contribution in [1.82, 2.24) is 10.2 Å². The first-order valence-electron chi connectivity index (χ1n) is 6.39. The third-order valence-corrected chi connectivity index (χ3v) is 3.83. The Hall–Kier alpha value is -2.23. The molecule has 4 heteroatoms. The summed E-state index contributed by atoms with van der Waals surface area (Å²) in [7, 11) is 0. The van der Waals surface area contributed by atoms with Crippen LogP contribution in [0.1, 0.15) is 24.0 Å². The molecule has 1 atom stereocenters. The summed E-state index contributed by atoms with van der Waals surface area (Å²) in [5.41, 5.74) is 10.5. The Balaban J connectivity index is 1.87. The largest absolute Gasteiger partial charge is 0.399 e. The van der Waals surface area contributed by atoms with Crippen molar-refractivity contribution in [2.45, 2.75) is 25.4 Å². The van der Waals surface area contributed by atoms with Gasteiger partial charge in [-0.3, -0.25) is 4.79 Å². The van der Waals surface area contributed by atoms with E-state index in [9.17, 15) is 4.79 Å². The van der Waals surface area contributed by atoms with E-state index in [1.165, 1.54) is 0 Å². The molecule has 1 aromatic rings. The molecule has 1 fully saturated rings. The third-order valence-electron chi connectivity index (χ3n) is 3.83. The van der Waals surface area contributed by atoms with E-state index >= 15 is 0 Å². The number of hydrogen-bond acceptors (Lipinski definition) is 3. The number of rotatable bonds is 1. The molecule has 2 aliphatic rings.